The molecule has 0 unspecified atom stereocenters. The minimum Gasteiger partial charge on any atom is -0.503 e. The molecule has 4 aromatic carbocycles. The van der Waals surface area contributed by atoms with Gasteiger partial charge in [0, 0.05) is 47.8 Å². The largest absolute Gasteiger partial charge is 2.00 e. The Hall–Kier alpha value is -4.96. The molecule has 0 spiro atoms. The molecular weight excluding hydrogens is 1040 g/mol. The van der Waals surface area contributed by atoms with Crippen LogP contribution in [0.1, 0.15) is 52.7 Å². The summed E-state index contributed by atoms with van der Waals surface area (Å²) in [7, 11) is 0. The van der Waals surface area contributed by atoms with E-state index < -0.39 is 0 Å². The van der Waals surface area contributed by atoms with Gasteiger partial charge in [0.05, 0.1) is 0 Å². The average molecular weight is 1080 g/mol. The van der Waals surface area contributed by atoms with Crippen molar-refractivity contribution in [2.75, 3.05) is 0 Å². The maximum atomic E-state index is 6.68. The number of benzene rings is 4. The molecule has 0 atom stereocenters. The van der Waals surface area contributed by atoms with Crippen LogP contribution in [0, 0.1) is 24.3 Å². The van der Waals surface area contributed by atoms with Gasteiger partial charge in [0.15, 0.2) is 0 Å². The van der Waals surface area contributed by atoms with Crippen molar-refractivity contribution in [1.82, 2.24) is 24.5 Å². The standard InChI is InChI=1S/C46H37N5O2.2Pt/c1-45(2,3)36-26-34-35-27-37(46(4,5)6)43(53-33-17-12-15-31(25-33)39-19-8-10-21-48-39)29-41(35)51(44-49-22-13-23-50-44)40(34)28-42(36)52-32-16-11-14-30(24-32)38-18-7-9-20-47-38;;/h7-23,26-27H,1-6H3;;/q-4;2*+2. The van der Waals surface area contributed by atoms with E-state index in [0.717, 1.165) is 55.4 Å². The van der Waals surface area contributed by atoms with E-state index in [-0.39, 0.29) is 53.0 Å². The predicted octanol–water partition coefficient (Wildman–Crippen LogP) is 11.1. The third-order valence-electron chi connectivity index (χ3n) is 8.99. The molecule has 8 rings (SSSR count). The van der Waals surface area contributed by atoms with Crippen LogP contribution < -0.4 is 9.47 Å². The van der Waals surface area contributed by atoms with Crippen LogP contribution in [-0.4, -0.2) is 24.5 Å². The van der Waals surface area contributed by atoms with Crippen molar-refractivity contribution in [3.05, 3.63) is 151 Å². The summed E-state index contributed by atoms with van der Waals surface area (Å²) >= 11 is 0. The second-order valence-electron chi connectivity index (χ2n) is 14.9. The van der Waals surface area contributed by atoms with Gasteiger partial charge in [-0.1, -0.05) is 99.8 Å². The molecule has 0 saturated carbocycles. The molecule has 0 radical (unpaired) electrons. The number of aromatic nitrogens is 5. The van der Waals surface area contributed by atoms with E-state index in [1.54, 1.807) is 30.9 Å². The summed E-state index contributed by atoms with van der Waals surface area (Å²) in [5.41, 5.74) is 6.24. The molecule has 55 heavy (non-hydrogen) atoms. The number of pyridine rings is 2. The Morgan fingerprint density at radius 3 is 1.33 bits per heavy atom. The van der Waals surface area contributed by atoms with Crippen molar-refractivity contribution >= 4 is 21.8 Å². The Balaban J connectivity index is 0.00000257. The Bertz CT molecular complexity index is 2420. The van der Waals surface area contributed by atoms with Crippen molar-refractivity contribution in [3.63, 3.8) is 0 Å². The van der Waals surface area contributed by atoms with Crippen LogP contribution in [0.25, 0.3) is 50.3 Å². The fourth-order valence-electron chi connectivity index (χ4n) is 6.38. The molecule has 0 aliphatic rings. The average Bonchev–Trinajstić information content (AvgIpc) is 3.47. The summed E-state index contributed by atoms with van der Waals surface area (Å²) in [6.07, 6.45) is 7.02. The van der Waals surface area contributed by atoms with Crippen LogP contribution in [0.15, 0.2) is 116 Å². The predicted molar refractivity (Wildman–Crippen MR) is 209 cm³/mol. The molecule has 9 heteroatoms. The molecule has 0 amide bonds. The van der Waals surface area contributed by atoms with Gasteiger partial charge in [-0.15, -0.1) is 70.8 Å². The second-order valence-corrected chi connectivity index (χ2v) is 14.9. The molecule has 8 aromatic rings. The van der Waals surface area contributed by atoms with E-state index in [4.69, 9.17) is 9.47 Å². The monoisotopic (exact) mass is 1080 g/mol. The van der Waals surface area contributed by atoms with Crippen LogP contribution in [-0.2, 0) is 53.0 Å². The van der Waals surface area contributed by atoms with Crippen molar-refractivity contribution in [1.29, 1.82) is 0 Å². The van der Waals surface area contributed by atoms with E-state index in [2.05, 4.69) is 97.9 Å². The van der Waals surface area contributed by atoms with Crippen LogP contribution >= 0.6 is 0 Å². The zero-order valence-electron chi connectivity index (χ0n) is 31.2. The van der Waals surface area contributed by atoms with Gasteiger partial charge < -0.3 is 24.0 Å². The molecule has 0 N–H and O–H groups in total. The summed E-state index contributed by atoms with van der Waals surface area (Å²) in [4.78, 5) is 18.4. The number of ether oxygens (including phenoxy) is 2. The van der Waals surface area contributed by atoms with E-state index in [0.29, 0.717) is 28.9 Å². The van der Waals surface area contributed by atoms with Gasteiger partial charge >= 0.3 is 42.1 Å². The van der Waals surface area contributed by atoms with Gasteiger partial charge in [0.25, 0.3) is 0 Å². The first-order valence-electron chi connectivity index (χ1n) is 17.6. The third kappa shape index (κ3) is 8.20. The third-order valence-corrected chi connectivity index (χ3v) is 8.99. The molecule has 4 aromatic heterocycles. The van der Waals surface area contributed by atoms with Crippen molar-refractivity contribution in [3.8, 4) is 51.5 Å². The molecule has 0 aliphatic carbocycles. The Morgan fingerprint density at radius 1 is 0.491 bits per heavy atom. The second kappa shape index (κ2) is 16.0. The normalized spacial score (nSPS) is 11.5. The fourth-order valence-corrected chi connectivity index (χ4v) is 6.38. The fraction of sp³-hybridized carbons (Fsp3) is 0.174. The van der Waals surface area contributed by atoms with Gasteiger partial charge in [0.2, 0.25) is 5.95 Å². The van der Waals surface area contributed by atoms with Crippen molar-refractivity contribution in [2.24, 2.45) is 0 Å². The zero-order valence-corrected chi connectivity index (χ0v) is 35.7. The first kappa shape index (κ1) is 39.7. The van der Waals surface area contributed by atoms with Gasteiger partial charge in [0.1, 0.15) is 0 Å². The van der Waals surface area contributed by atoms with Gasteiger partial charge in [-0.2, -0.15) is 22.9 Å². The van der Waals surface area contributed by atoms with E-state index in [9.17, 15) is 0 Å². The summed E-state index contributed by atoms with van der Waals surface area (Å²) in [6, 6.07) is 43.7. The molecule has 0 bridgehead atoms. The van der Waals surface area contributed by atoms with Crippen LogP contribution in [0.3, 0.4) is 0 Å². The Morgan fingerprint density at radius 2 is 0.927 bits per heavy atom. The zero-order chi connectivity index (χ0) is 36.7. The number of hydrogen-bond acceptors (Lipinski definition) is 6. The summed E-state index contributed by atoms with van der Waals surface area (Å²) in [5, 5.41) is 1.96. The quantitative estimate of drug-likeness (QED) is 0.148. The topological polar surface area (TPSA) is 75.0 Å². The SMILES string of the molecule is CC(C)(C)c1cc2c3cc(C(C)(C)C)c(Oc4[c-]c(-c5ccccn5)ccc4)[c-]c3n(-c3ncccn3)c2[c-]c1Oc1[c-]c(-c2ccccn2)ccc1.[Pt+2].[Pt+2]. The molecule has 0 aliphatic heterocycles. The van der Waals surface area contributed by atoms with Crippen molar-refractivity contribution < 1.29 is 51.6 Å². The van der Waals surface area contributed by atoms with Crippen LogP contribution in [0.4, 0.5) is 0 Å². The summed E-state index contributed by atoms with van der Waals surface area (Å²) < 4.78 is 15.3. The number of nitrogens with zero attached hydrogens (tertiary/aromatic N) is 5. The maximum absolute atomic E-state index is 6.68. The summed E-state index contributed by atoms with van der Waals surface area (Å²) in [5.74, 6) is 2.79. The number of rotatable bonds is 7. The van der Waals surface area contributed by atoms with Crippen LogP contribution in [0.5, 0.6) is 23.0 Å². The maximum Gasteiger partial charge on any atom is 2.00 e. The minimum atomic E-state index is -0.287. The van der Waals surface area contributed by atoms with Crippen LogP contribution in [0.2, 0.25) is 0 Å². The van der Waals surface area contributed by atoms with Crippen molar-refractivity contribution in [2.45, 2.75) is 52.4 Å². The van der Waals surface area contributed by atoms with E-state index >= 15 is 0 Å². The first-order valence-corrected chi connectivity index (χ1v) is 17.6. The number of fused-ring (bicyclic) bond motifs is 3. The molecule has 7 nitrogen and oxygen atoms in total. The van der Waals surface area contributed by atoms with E-state index in [1.807, 2.05) is 77.4 Å². The molecule has 4 heterocycles. The van der Waals surface area contributed by atoms with Gasteiger partial charge in [-0.25, -0.2) is 9.97 Å². The smallest absolute Gasteiger partial charge is 0.503 e. The molecule has 0 fully saturated rings. The van der Waals surface area contributed by atoms with Gasteiger partial charge in [-0.3, -0.25) is 0 Å². The van der Waals surface area contributed by atoms with E-state index in [1.165, 1.54) is 0 Å². The number of hydrogen-bond donors (Lipinski definition) is 0. The molecule has 278 valence electrons. The molecule has 0 saturated heterocycles. The Kier molecular flexibility index (Phi) is 11.6. The Labute approximate surface area is 350 Å². The molecular formula is C46H37N5O2Pt2. The minimum absolute atomic E-state index is 0. The summed E-state index contributed by atoms with van der Waals surface area (Å²) in [6.45, 7) is 13.1. The van der Waals surface area contributed by atoms with Gasteiger partial charge in [-0.05, 0) is 29.6 Å². The first-order chi connectivity index (χ1) is 25.5.